The van der Waals surface area contributed by atoms with Gasteiger partial charge in [-0.2, -0.15) is 8.78 Å². The van der Waals surface area contributed by atoms with Gasteiger partial charge in [-0.05, 0) is 40.8 Å². The van der Waals surface area contributed by atoms with Crippen LogP contribution in [0.3, 0.4) is 0 Å². The summed E-state index contributed by atoms with van der Waals surface area (Å²) in [4.78, 5) is 10.9. The third-order valence-corrected chi connectivity index (χ3v) is 2.65. The third kappa shape index (κ3) is 3.27. The van der Waals surface area contributed by atoms with Gasteiger partial charge >= 0.3 is 18.3 Å². The van der Waals surface area contributed by atoms with E-state index in [0.717, 1.165) is 18.2 Å². The Morgan fingerprint density at radius 3 is 2.41 bits per heavy atom. The summed E-state index contributed by atoms with van der Waals surface area (Å²) in [5, 5.41) is 1.62. The highest BCUT2D eigenvalue weighted by Gasteiger charge is 2.49. The van der Waals surface area contributed by atoms with Gasteiger partial charge in [-0.25, -0.2) is 13.2 Å². The molecule has 0 atom stereocenters. The molecule has 0 aliphatic carbocycles. The van der Waals surface area contributed by atoms with Gasteiger partial charge in [0.2, 0.25) is 0 Å². The van der Waals surface area contributed by atoms with Crippen molar-refractivity contribution in [3.63, 3.8) is 0 Å². The molecule has 0 heterocycles. The molecule has 0 aliphatic rings. The average Bonchev–Trinajstić information content (AvgIpc) is 2.21. The summed E-state index contributed by atoms with van der Waals surface area (Å²) in [6, 6.07) is 2.89. The number of amides is 1. The number of rotatable bonds is 3. The summed E-state index contributed by atoms with van der Waals surface area (Å²) in [7, 11) is 0. The molecule has 1 rings (SSSR count). The lowest BCUT2D eigenvalue weighted by molar-refractivity contribution is -0.163. The maximum absolute atomic E-state index is 12.7. The summed E-state index contributed by atoms with van der Waals surface area (Å²) >= 11 is 1.58. The van der Waals surface area contributed by atoms with Crippen molar-refractivity contribution in [1.29, 1.82) is 0 Å². The summed E-state index contributed by atoms with van der Waals surface area (Å²) in [5.74, 6) is -7.54. The molecule has 0 aromatic heterocycles. The number of anilines is 1. The highest BCUT2D eigenvalue weighted by Crippen LogP contribution is 2.26. The Kier molecular flexibility index (Phi) is 4.28. The molecule has 17 heavy (non-hydrogen) atoms. The quantitative estimate of drug-likeness (QED) is 0.647. The Labute approximate surface area is 106 Å². The van der Waals surface area contributed by atoms with Gasteiger partial charge in [-0.15, -0.1) is 0 Å². The first kappa shape index (κ1) is 14.1. The van der Waals surface area contributed by atoms with Crippen molar-refractivity contribution >= 4 is 34.2 Å². The van der Waals surface area contributed by atoms with E-state index in [-0.39, 0.29) is 9.26 Å². The zero-order valence-electron chi connectivity index (χ0n) is 7.99. The zero-order chi connectivity index (χ0) is 13.2. The molecule has 0 saturated carbocycles. The Balaban J connectivity index is 2.89. The summed E-state index contributed by atoms with van der Waals surface area (Å²) in [6.07, 6.45) is -4.10. The Hall–Kier alpha value is -0.930. The topological polar surface area (TPSA) is 29.1 Å². The maximum Gasteiger partial charge on any atom is 0.383 e. The number of halogens is 6. The Bertz CT molecular complexity index is 437. The summed E-state index contributed by atoms with van der Waals surface area (Å²) < 4.78 is 61.7. The van der Waals surface area contributed by atoms with Crippen LogP contribution in [0.4, 0.5) is 27.6 Å². The minimum absolute atomic E-state index is 0.126. The van der Waals surface area contributed by atoms with E-state index in [1.165, 1.54) is 0 Å². The van der Waals surface area contributed by atoms with Crippen LogP contribution in [0.25, 0.3) is 0 Å². The number of benzene rings is 1. The summed E-state index contributed by atoms with van der Waals surface area (Å²) in [6.45, 7) is 0. The smallest absolute Gasteiger partial charge is 0.320 e. The van der Waals surface area contributed by atoms with Gasteiger partial charge in [0.05, 0.1) is 5.69 Å². The van der Waals surface area contributed by atoms with Crippen molar-refractivity contribution < 1.29 is 26.7 Å². The van der Waals surface area contributed by atoms with Crippen LogP contribution >= 0.6 is 22.6 Å². The van der Waals surface area contributed by atoms with Gasteiger partial charge in [-0.1, -0.05) is 0 Å². The number of carbonyl (C=O) groups is 1. The molecule has 0 aliphatic heterocycles. The predicted molar refractivity (Wildman–Crippen MR) is 58.7 cm³/mol. The molecule has 0 unspecified atom stereocenters. The standard InChI is InChI=1S/C9H5F5INO/c10-4-1-2-6(5(15)3-4)16-8(17)9(13,14)7(11)12/h1-3,7H,(H,16,17). The van der Waals surface area contributed by atoms with E-state index in [0.29, 0.717) is 0 Å². The molecule has 2 nitrogen and oxygen atoms in total. The van der Waals surface area contributed by atoms with E-state index in [2.05, 4.69) is 0 Å². The van der Waals surface area contributed by atoms with E-state index < -0.39 is 24.1 Å². The molecule has 1 amide bonds. The molecule has 0 spiro atoms. The Morgan fingerprint density at radius 1 is 1.35 bits per heavy atom. The van der Waals surface area contributed by atoms with Crippen LogP contribution in [-0.2, 0) is 4.79 Å². The first-order chi connectivity index (χ1) is 7.75. The lowest BCUT2D eigenvalue weighted by Crippen LogP contribution is -2.41. The normalized spacial score (nSPS) is 11.7. The van der Waals surface area contributed by atoms with Crippen molar-refractivity contribution in [2.45, 2.75) is 12.3 Å². The van der Waals surface area contributed by atoms with Crippen molar-refractivity contribution in [3.8, 4) is 0 Å². The fourth-order valence-electron chi connectivity index (χ4n) is 0.896. The van der Waals surface area contributed by atoms with Crippen LogP contribution < -0.4 is 5.32 Å². The van der Waals surface area contributed by atoms with E-state index in [9.17, 15) is 26.7 Å². The molecular weight excluding hydrogens is 360 g/mol. The second-order valence-electron chi connectivity index (χ2n) is 3.00. The molecule has 1 N–H and O–H groups in total. The monoisotopic (exact) mass is 365 g/mol. The molecule has 8 heteroatoms. The van der Waals surface area contributed by atoms with Crippen LogP contribution in [-0.4, -0.2) is 18.3 Å². The predicted octanol–water partition coefficient (Wildman–Crippen LogP) is 3.27. The molecule has 0 bridgehead atoms. The van der Waals surface area contributed by atoms with Crippen molar-refractivity contribution in [3.05, 3.63) is 27.6 Å². The van der Waals surface area contributed by atoms with Crippen LogP contribution in [0, 0.1) is 9.39 Å². The first-order valence-corrected chi connectivity index (χ1v) is 5.25. The van der Waals surface area contributed by atoms with Gasteiger partial charge in [0.1, 0.15) is 5.82 Å². The number of alkyl halides is 4. The lowest BCUT2D eigenvalue weighted by Gasteiger charge is -2.15. The third-order valence-electron chi connectivity index (χ3n) is 1.76. The van der Waals surface area contributed by atoms with Crippen LogP contribution in [0.1, 0.15) is 0 Å². The zero-order valence-corrected chi connectivity index (χ0v) is 10.1. The highest BCUT2D eigenvalue weighted by atomic mass is 127. The van der Waals surface area contributed by atoms with Gasteiger partial charge in [0.25, 0.3) is 0 Å². The van der Waals surface area contributed by atoms with Crippen LogP contribution in [0.5, 0.6) is 0 Å². The molecule has 94 valence electrons. The van der Waals surface area contributed by atoms with Gasteiger partial charge in [-0.3, -0.25) is 4.79 Å². The van der Waals surface area contributed by atoms with Crippen LogP contribution in [0.15, 0.2) is 18.2 Å². The van der Waals surface area contributed by atoms with Crippen LogP contribution in [0.2, 0.25) is 0 Å². The van der Waals surface area contributed by atoms with E-state index in [1.54, 1.807) is 27.9 Å². The molecule has 0 fully saturated rings. The summed E-state index contributed by atoms with van der Waals surface area (Å²) in [5.41, 5.74) is -0.155. The minimum atomic E-state index is -4.78. The van der Waals surface area contributed by atoms with Crippen molar-refractivity contribution in [2.75, 3.05) is 5.32 Å². The minimum Gasteiger partial charge on any atom is -0.320 e. The SMILES string of the molecule is O=C(Nc1ccc(F)cc1I)C(F)(F)C(F)F. The first-order valence-electron chi connectivity index (χ1n) is 4.17. The van der Waals surface area contributed by atoms with Crippen molar-refractivity contribution in [2.24, 2.45) is 0 Å². The Morgan fingerprint density at radius 2 is 1.94 bits per heavy atom. The molecular formula is C9H5F5INO. The van der Waals surface area contributed by atoms with E-state index in [4.69, 9.17) is 0 Å². The number of nitrogens with one attached hydrogen (secondary N) is 1. The second kappa shape index (κ2) is 5.15. The number of hydrogen-bond donors (Lipinski definition) is 1. The molecule has 1 aromatic rings. The van der Waals surface area contributed by atoms with Crippen molar-refractivity contribution in [1.82, 2.24) is 0 Å². The van der Waals surface area contributed by atoms with E-state index >= 15 is 0 Å². The molecule has 0 radical (unpaired) electrons. The van der Waals surface area contributed by atoms with Gasteiger partial charge in [0, 0.05) is 3.57 Å². The van der Waals surface area contributed by atoms with Gasteiger partial charge < -0.3 is 5.32 Å². The highest BCUT2D eigenvalue weighted by molar-refractivity contribution is 14.1. The average molecular weight is 365 g/mol. The fraction of sp³-hybridized carbons (Fsp3) is 0.222. The van der Waals surface area contributed by atoms with Gasteiger partial charge in [0.15, 0.2) is 0 Å². The maximum atomic E-state index is 12.7. The molecule has 1 aromatic carbocycles. The second-order valence-corrected chi connectivity index (χ2v) is 4.16. The fourth-order valence-corrected chi connectivity index (χ4v) is 1.51. The van der Waals surface area contributed by atoms with E-state index in [1.807, 2.05) is 0 Å². The number of hydrogen-bond acceptors (Lipinski definition) is 1. The largest absolute Gasteiger partial charge is 0.383 e. The molecule has 0 saturated heterocycles. The number of carbonyl (C=O) groups excluding carboxylic acids is 1. The lowest BCUT2D eigenvalue weighted by atomic mass is 10.2.